The standard InChI is InChI=1S/C14H15F2NO3/c15-10-4-5-11(16)9(8-10)3-6-13(18)17-7-1-2-12(17)14(19)20/h4-5,8,12H,1-3,6-7H2,(H,19,20)/t12-/m1/s1. The molecular formula is C14H15F2NO3. The lowest BCUT2D eigenvalue weighted by atomic mass is 10.1. The zero-order valence-electron chi connectivity index (χ0n) is 10.8. The van der Waals surface area contributed by atoms with Crippen molar-refractivity contribution in [2.45, 2.75) is 31.7 Å². The van der Waals surface area contributed by atoms with Crippen LogP contribution in [0.2, 0.25) is 0 Å². The normalized spacial score (nSPS) is 18.3. The van der Waals surface area contributed by atoms with Gasteiger partial charge in [0.1, 0.15) is 17.7 Å². The molecule has 1 heterocycles. The van der Waals surface area contributed by atoms with Gasteiger partial charge in [0.2, 0.25) is 5.91 Å². The first-order chi connectivity index (χ1) is 9.49. The van der Waals surface area contributed by atoms with Crippen molar-refractivity contribution < 1.29 is 23.5 Å². The lowest BCUT2D eigenvalue weighted by Crippen LogP contribution is -2.40. The van der Waals surface area contributed by atoms with E-state index < -0.39 is 23.6 Å². The molecule has 1 fully saturated rings. The molecule has 1 atom stereocenters. The van der Waals surface area contributed by atoms with Crippen molar-refractivity contribution in [2.24, 2.45) is 0 Å². The third-order valence-electron chi connectivity index (χ3n) is 3.47. The van der Waals surface area contributed by atoms with E-state index in [1.54, 1.807) is 0 Å². The Labute approximate surface area is 115 Å². The molecule has 1 aliphatic rings. The number of carbonyl (C=O) groups excluding carboxylic acids is 1. The van der Waals surface area contributed by atoms with Crippen molar-refractivity contribution in [3.05, 3.63) is 35.4 Å². The summed E-state index contributed by atoms with van der Waals surface area (Å²) in [6.45, 7) is 0.404. The molecule has 1 aliphatic heterocycles. The van der Waals surface area contributed by atoms with E-state index in [-0.39, 0.29) is 24.3 Å². The number of aryl methyl sites for hydroxylation is 1. The second-order valence-electron chi connectivity index (χ2n) is 4.82. The van der Waals surface area contributed by atoms with Gasteiger partial charge < -0.3 is 10.0 Å². The van der Waals surface area contributed by atoms with Crippen LogP contribution in [0.3, 0.4) is 0 Å². The first-order valence-electron chi connectivity index (χ1n) is 6.45. The molecule has 1 saturated heterocycles. The molecule has 0 saturated carbocycles. The Kier molecular flexibility index (Phi) is 4.32. The van der Waals surface area contributed by atoms with E-state index >= 15 is 0 Å². The van der Waals surface area contributed by atoms with E-state index in [0.29, 0.717) is 19.4 Å². The fourth-order valence-electron chi connectivity index (χ4n) is 2.44. The molecule has 4 nitrogen and oxygen atoms in total. The van der Waals surface area contributed by atoms with Crippen LogP contribution in [0, 0.1) is 11.6 Å². The number of amides is 1. The van der Waals surface area contributed by atoms with Crippen LogP contribution >= 0.6 is 0 Å². The Bertz CT molecular complexity index is 533. The van der Waals surface area contributed by atoms with Crippen LogP contribution in [0.4, 0.5) is 8.78 Å². The molecule has 0 unspecified atom stereocenters. The van der Waals surface area contributed by atoms with Gasteiger partial charge in [0, 0.05) is 13.0 Å². The highest BCUT2D eigenvalue weighted by molar-refractivity contribution is 5.84. The molecular weight excluding hydrogens is 268 g/mol. The van der Waals surface area contributed by atoms with E-state index in [2.05, 4.69) is 0 Å². The summed E-state index contributed by atoms with van der Waals surface area (Å²) in [7, 11) is 0. The number of hydrogen-bond acceptors (Lipinski definition) is 2. The topological polar surface area (TPSA) is 57.6 Å². The van der Waals surface area contributed by atoms with Gasteiger partial charge in [-0.25, -0.2) is 13.6 Å². The second-order valence-corrected chi connectivity index (χ2v) is 4.82. The molecule has 6 heteroatoms. The monoisotopic (exact) mass is 283 g/mol. The fourth-order valence-corrected chi connectivity index (χ4v) is 2.44. The number of hydrogen-bond donors (Lipinski definition) is 1. The van der Waals surface area contributed by atoms with E-state index in [4.69, 9.17) is 5.11 Å². The summed E-state index contributed by atoms with van der Waals surface area (Å²) in [5.41, 5.74) is 0.129. The van der Waals surface area contributed by atoms with Crippen LogP contribution in [0.1, 0.15) is 24.8 Å². The number of halogens is 2. The van der Waals surface area contributed by atoms with Crippen molar-refractivity contribution in [3.63, 3.8) is 0 Å². The minimum absolute atomic E-state index is 0.0237. The Hall–Kier alpha value is -1.98. The maximum absolute atomic E-state index is 13.4. The third kappa shape index (κ3) is 3.12. The summed E-state index contributed by atoms with van der Waals surface area (Å²) < 4.78 is 26.4. The molecule has 1 aromatic rings. The lowest BCUT2D eigenvalue weighted by molar-refractivity contribution is -0.148. The number of rotatable bonds is 4. The summed E-state index contributed by atoms with van der Waals surface area (Å²) in [4.78, 5) is 24.3. The molecule has 0 spiro atoms. The van der Waals surface area contributed by atoms with Gasteiger partial charge in [-0.15, -0.1) is 0 Å². The van der Waals surface area contributed by atoms with Crippen LogP contribution in [0.15, 0.2) is 18.2 Å². The Morgan fingerprint density at radius 3 is 2.80 bits per heavy atom. The predicted molar refractivity (Wildman–Crippen MR) is 67.0 cm³/mol. The average Bonchev–Trinajstić information content (AvgIpc) is 2.89. The van der Waals surface area contributed by atoms with Gasteiger partial charge in [0.15, 0.2) is 0 Å². The third-order valence-corrected chi connectivity index (χ3v) is 3.47. The van der Waals surface area contributed by atoms with Crippen molar-refractivity contribution in [1.82, 2.24) is 4.90 Å². The molecule has 1 N–H and O–H groups in total. The molecule has 2 rings (SSSR count). The highest BCUT2D eigenvalue weighted by Crippen LogP contribution is 2.20. The van der Waals surface area contributed by atoms with Crippen LogP contribution in [-0.4, -0.2) is 34.5 Å². The highest BCUT2D eigenvalue weighted by atomic mass is 19.1. The molecule has 0 bridgehead atoms. The maximum atomic E-state index is 13.4. The number of carbonyl (C=O) groups is 2. The van der Waals surface area contributed by atoms with Gasteiger partial charge in [-0.2, -0.15) is 0 Å². The van der Waals surface area contributed by atoms with Gasteiger partial charge in [0.05, 0.1) is 0 Å². The average molecular weight is 283 g/mol. The van der Waals surface area contributed by atoms with Gasteiger partial charge in [-0.1, -0.05) is 0 Å². The first-order valence-corrected chi connectivity index (χ1v) is 6.45. The maximum Gasteiger partial charge on any atom is 0.326 e. The quantitative estimate of drug-likeness (QED) is 0.919. The molecule has 0 aliphatic carbocycles. The minimum atomic E-state index is -1.02. The summed E-state index contributed by atoms with van der Waals surface area (Å²) >= 11 is 0. The first kappa shape index (κ1) is 14.4. The summed E-state index contributed by atoms with van der Waals surface area (Å²) in [6.07, 6.45) is 1.13. The lowest BCUT2D eigenvalue weighted by Gasteiger charge is -2.21. The summed E-state index contributed by atoms with van der Waals surface area (Å²) in [6, 6.07) is 2.30. The molecule has 1 aromatic carbocycles. The second kappa shape index (κ2) is 5.98. The number of nitrogens with zero attached hydrogens (tertiary/aromatic N) is 1. The fraction of sp³-hybridized carbons (Fsp3) is 0.429. The number of carboxylic acid groups (broad SMARTS) is 1. The number of benzene rings is 1. The van der Waals surface area contributed by atoms with E-state index in [0.717, 1.165) is 18.2 Å². The Morgan fingerprint density at radius 1 is 1.35 bits per heavy atom. The SMILES string of the molecule is O=C(O)[C@H]1CCCN1C(=O)CCc1cc(F)ccc1F. The van der Waals surface area contributed by atoms with Crippen LogP contribution < -0.4 is 0 Å². The summed E-state index contributed by atoms with van der Waals surface area (Å²) in [5, 5.41) is 8.99. The van der Waals surface area contributed by atoms with Crippen LogP contribution in [-0.2, 0) is 16.0 Å². The number of aliphatic carboxylic acids is 1. The minimum Gasteiger partial charge on any atom is -0.480 e. The Balaban J connectivity index is 1.98. The van der Waals surface area contributed by atoms with Crippen molar-refractivity contribution in [2.75, 3.05) is 6.54 Å². The molecule has 1 amide bonds. The molecule has 0 radical (unpaired) electrons. The van der Waals surface area contributed by atoms with Crippen LogP contribution in [0.5, 0.6) is 0 Å². The van der Waals surface area contributed by atoms with Gasteiger partial charge in [-0.3, -0.25) is 4.79 Å². The van der Waals surface area contributed by atoms with Crippen molar-refractivity contribution in [1.29, 1.82) is 0 Å². The van der Waals surface area contributed by atoms with Gasteiger partial charge >= 0.3 is 5.97 Å². The van der Waals surface area contributed by atoms with E-state index in [1.807, 2.05) is 0 Å². The zero-order valence-corrected chi connectivity index (χ0v) is 10.8. The van der Waals surface area contributed by atoms with Crippen molar-refractivity contribution >= 4 is 11.9 Å². The largest absolute Gasteiger partial charge is 0.480 e. The van der Waals surface area contributed by atoms with Crippen molar-refractivity contribution in [3.8, 4) is 0 Å². The molecule has 0 aromatic heterocycles. The van der Waals surface area contributed by atoms with Crippen LogP contribution in [0.25, 0.3) is 0 Å². The van der Waals surface area contributed by atoms with E-state index in [1.165, 1.54) is 4.90 Å². The zero-order chi connectivity index (χ0) is 14.7. The Morgan fingerprint density at radius 2 is 2.10 bits per heavy atom. The summed E-state index contributed by atoms with van der Waals surface area (Å²) in [5.74, 6) is -2.47. The van der Waals surface area contributed by atoms with E-state index in [9.17, 15) is 18.4 Å². The highest BCUT2D eigenvalue weighted by Gasteiger charge is 2.33. The molecule has 20 heavy (non-hydrogen) atoms. The number of likely N-dealkylation sites (tertiary alicyclic amines) is 1. The van der Waals surface area contributed by atoms with Gasteiger partial charge in [-0.05, 0) is 43.0 Å². The number of carboxylic acids is 1. The predicted octanol–water partition coefficient (Wildman–Crippen LogP) is 1.97. The molecule has 108 valence electrons. The van der Waals surface area contributed by atoms with Gasteiger partial charge in [0.25, 0.3) is 0 Å². The smallest absolute Gasteiger partial charge is 0.326 e.